The summed E-state index contributed by atoms with van der Waals surface area (Å²) in [5.74, 6) is -0.213. The minimum absolute atomic E-state index is 0.0430. The van der Waals surface area contributed by atoms with Gasteiger partial charge in [0.25, 0.3) is 6.29 Å². The number of nitrogens with one attached hydrogen (secondary N) is 1. The van der Waals surface area contributed by atoms with Crippen molar-refractivity contribution in [3.63, 3.8) is 0 Å². The van der Waals surface area contributed by atoms with Crippen LogP contribution in [-0.2, 0) is 20.4 Å². The summed E-state index contributed by atoms with van der Waals surface area (Å²) < 4.78 is 55.8. The number of rotatable bonds is 6. The van der Waals surface area contributed by atoms with E-state index in [1.54, 1.807) is 26.8 Å². The minimum atomic E-state index is -4.47. The van der Waals surface area contributed by atoms with Crippen LogP contribution < -0.4 is 5.32 Å². The van der Waals surface area contributed by atoms with Gasteiger partial charge in [0.1, 0.15) is 29.7 Å². The lowest BCUT2D eigenvalue weighted by molar-refractivity contribution is -0.138. The van der Waals surface area contributed by atoms with Gasteiger partial charge in [-0.1, -0.05) is 12.1 Å². The van der Waals surface area contributed by atoms with E-state index in [9.17, 15) is 18.0 Å². The predicted octanol–water partition coefficient (Wildman–Crippen LogP) is 4.98. The van der Waals surface area contributed by atoms with Crippen molar-refractivity contribution >= 4 is 11.8 Å². The summed E-state index contributed by atoms with van der Waals surface area (Å²) in [5, 5.41) is 3.09. The third-order valence-corrected chi connectivity index (χ3v) is 4.72. The molecule has 0 fully saturated rings. The average Bonchev–Trinajstić information content (AvgIpc) is 3.21. The van der Waals surface area contributed by atoms with Crippen molar-refractivity contribution in [1.82, 2.24) is 9.97 Å². The average molecular weight is 437 g/mol. The van der Waals surface area contributed by atoms with E-state index in [0.29, 0.717) is 5.56 Å². The summed E-state index contributed by atoms with van der Waals surface area (Å²) in [5.41, 5.74) is -0.0234. The molecule has 0 saturated carbocycles. The molecular weight excluding hydrogens is 415 g/mol. The van der Waals surface area contributed by atoms with Gasteiger partial charge in [-0.25, -0.2) is 14.8 Å². The quantitative estimate of drug-likeness (QED) is 0.639. The Hall–Kier alpha value is -3.30. The number of aromatic nitrogens is 2. The van der Waals surface area contributed by atoms with Crippen LogP contribution in [0.2, 0.25) is 0 Å². The topological polar surface area (TPSA) is 82.6 Å². The zero-order valence-corrected chi connectivity index (χ0v) is 17.4. The number of hydrogen-bond donors (Lipinski definition) is 1. The van der Waals surface area contributed by atoms with Gasteiger partial charge in [0.05, 0.1) is 18.2 Å². The van der Waals surface area contributed by atoms with E-state index in [0.717, 1.165) is 6.07 Å². The molecule has 0 saturated heterocycles. The highest BCUT2D eigenvalue weighted by molar-refractivity contribution is 5.90. The van der Waals surface area contributed by atoms with Crippen molar-refractivity contribution in [2.45, 2.75) is 46.2 Å². The molecule has 10 heteroatoms. The predicted molar refractivity (Wildman–Crippen MR) is 105 cm³/mol. The molecule has 0 radical (unpaired) electrons. The number of hydrogen-bond acceptors (Lipinski definition) is 7. The van der Waals surface area contributed by atoms with Crippen LogP contribution in [0, 0.1) is 13.8 Å². The lowest BCUT2D eigenvalue weighted by Gasteiger charge is -2.23. The number of benzene rings is 1. The molecule has 1 aliphatic rings. The second-order valence-electron chi connectivity index (χ2n) is 6.86. The van der Waals surface area contributed by atoms with Crippen LogP contribution in [0.25, 0.3) is 0 Å². The van der Waals surface area contributed by atoms with E-state index in [2.05, 4.69) is 15.3 Å². The van der Waals surface area contributed by atoms with Crippen LogP contribution in [0.5, 0.6) is 0 Å². The second-order valence-corrected chi connectivity index (χ2v) is 6.86. The molecule has 3 rings (SSSR count). The summed E-state index contributed by atoms with van der Waals surface area (Å²) in [6.07, 6.45) is -2.85. The molecule has 7 nitrogen and oxygen atoms in total. The number of alkyl halides is 3. The normalized spacial score (nSPS) is 14.7. The van der Waals surface area contributed by atoms with Crippen LogP contribution in [0.3, 0.4) is 0 Å². The monoisotopic (exact) mass is 437 g/mol. The van der Waals surface area contributed by atoms with E-state index in [-0.39, 0.29) is 35.1 Å². The van der Waals surface area contributed by atoms with Gasteiger partial charge in [-0.3, -0.25) is 0 Å². The Kier molecular flexibility index (Phi) is 6.37. The van der Waals surface area contributed by atoms with Crippen molar-refractivity contribution in [2.24, 2.45) is 0 Å². The Morgan fingerprint density at radius 2 is 1.90 bits per heavy atom. The summed E-state index contributed by atoms with van der Waals surface area (Å²) in [6, 6.07) is 3.41. The van der Waals surface area contributed by atoms with Gasteiger partial charge < -0.3 is 19.5 Å². The molecule has 0 spiro atoms. The van der Waals surface area contributed by atoms with E-state index >= 15 is 0 Å². The van der Waals surface area contributed by atoms with Crippen molar-refractivity contribution in [2.75, 3.05) is 11.9 Å². The van der Waals surface area contributed by atoms with E-state index < -0.39 is 30.0 Å². The Balaban J connectivity index is 2.04. The van der Waals surface area contributed by atoms with Crippen LogP contribution in [0.4, 0.5) is 19.0 Å². The molecule has 0 amide bonds. The van der Waals surface area contributed by atoms with Crippen molar-refractivity contribution in [1.29, 1.82) is 0 Å². The lowest BCUT2D eigenvalue weighted by Crippen LogP contribution is -2.20. The molecule has 0 unspecified atom stereocenters. The van der Waals surface area contributed by atoms with Gasteiger partial charge in [-0.05, 0) is 44.9 Å². The highest BCUT2D eigenvalue weighted by atomic mass is 19.4. The first kappa shape index (κ1) is 22.4. The van der Waals surface area contributed by atoms with Crippen molar-refractivity contribution < 1.29 is 32.2 Å². The van der Waals surface area contributed by atoms with E-state index in [1.807, 2.05) is 0 Å². The number of esters is 1. The first-order valence-electron chi connectivity index (χ1n) is 9.58. The zero-order chi connectivity index (χ0) is 22.8. The Labute approximate surface area is 177 Å². The minimum Gasteiger partial charge on any atom is -0.461 e. The number of anilines is 1. The Morgan fingerprint density at radius 1 is 1.23 bits per heavy atom. The highest BCUT2D eigenvalue weighted by Crippen LogP contribution is 2.37. The fourth-order valence-corrected chi connectivity index (χ4v) is 3.36. The summed E-state index contributed by atoms with van der Waals surface area (Å²) in [4.78, 5) is 21.0. The van der Waals surface area contributed by atoms with Gasteiger partial charge in [0, 0.05) is 0 Å². The molecular formula is C21H22F3N3O4. The van der Waals surface area contributed by atoms with Crippen LogP contribution in [0.15, 0.2) is 30.7 Å². The summed E-state index contributed by atoms with van der Waals surface area (Å²) in [6.45, 7) is 6.50. The highest BCUT2D eigenvalue weighted by Gasteiger charge is 2.34. The zero-order valence-electron chi connectivity index (χ0n) is 17.4. The standard InChI is InChI=1S/C21H22F3N3O4/c1-5-29-19(28)17-16(20-30-9-10-31-20)18(27-13(4)26-17)25-12(3)14-7-6-8-15(11(14)2)21(22,23)24/h6-10,12,20H,5H2,1-4H3,(H,25,26,27)/t12-/m1/s1. The van der Waals surface area contributed by atoms with Gasteiger partial charge in [-0.15, -0.1) is 0 Å². The SMILES string of the molecule is CCOC(=O)c1nc(C)nc(N[C@H](C)c2cccc(C(F)(F)F)c2C)c1C1OC=CO1. The smallest absolute Gasteiger partial charge is 0.416 e. The number of ether oxygens (including phenoxy) is 3. The maximum absolute atomic E-state index is 13.3. The maximum atomic E-state index is 13.3. The Bertz CT molecular complexity index is 1000. The number of carbonyl (C=O) groups excluding carboxylic acids is 1. The molecule has 1 aliphatic heterocycles. The molecule has 166 valence electrons. The van der Waals surface area contributed by atoms with Gasteiger partial charge >= 0.3 is 12.1 Å². The van der Waals surface area contributed by atoms with Crippen molar-refractivity contribution in [3.05, 3.63) is 64.5 Å². The van der Waals surface area contributed by atoms with E-state index in [4.69, 9.17) is 14.2 Å². The molecule has 1 aromatic carbocycles. The first-order chi connectivity index (χ1) is 14.6. The second kappa shape index (κ2) is 8.83. The van der Waals surface area contributed by atoms with Gasteiger partial charge in [0.2, 0.25) is 0 Å². The number of aryl methyl sites for hydroxylation is 1. The third kappa shape index (κ3) is 4.73. The van der Waals surface area contributed by atoms with Crippen LogP contribution in [0.1, 0.15) is 64.7 Å². The van der Waals surface area contributed by atoms with Gasteiger partial charge in [-0.2, -0.15) is 13.2 Å². The molecule has 1 atom stereocenters. The molecule has 0 bridgehead atoms. The third-order valence-electron chi connectivity index (χ3n) is 4.72. The molecule has 1 aromatic heterocycles. The van der Waals surface area contributed by atoms with Crippen LogP contribution >= 0.6 is 0 Å². The fourth-order valence-electron chi connectivity index (χ4n) is 3.36. The number of halogens is 3. The van der Waals surface area contributed by atoms with E-state index in [1.165, 1.54) is 25.5 Å². The molecule has 0 aliphatic carbocycles. The molecule has 2 aromatic rings. The van der Waals surface area contributed by atoms with Crippen LogP contribution in [-0.4, -0.2) is 22.5 Å². The van der Waals surface area contributed by atoms with Crippen molar-refractivity contribution in [3.8, 4) is 0 Å². The number of nitrogens with zero attached hydrogens (tertiary/aromatic N) is 2. The lowest BCUT2D eigenvalue weighted by atomic mass is 9.97. The molecule has 31 heavy (non-hydrogen) atoms. The summed E-state index contributed by atoms with van der Waals surface area (Å²) >= 11 is 0. The Morgan fingerprint density at radius 3 is 2.52 bits per heavy atom. The molecule has 2 heterocycles. The first-order valence-corrected chi connectivity index (χ1v) is 9.58. The largest absolute Gasteiger partial charge is 0.461 e. The maximum Gasteiger partial charge on any atom is 0.416 e. The van der Waals surface area contributed by atoms with Gasteiger partial charge in [0.15, 0.2) is 5.69 Å². The molecule has 1 N–H and O–H groups in total. The summed E-state index contributed by atoms with van der Waals surface area (Å²) in [7, 11) is 0. The fraction of sp³-hybridized carbons (Fsp3) is 0.381. The number of carbonyl (C=O) groups is 1.